The monoisotopic (exact) mass is 794 g/mol. The average molecular weight is 795 g/mol. The Bertz CT molecular complexity index is 2820. The molecule has 0 fully saturated rings. The summed E-state index contributed by atoms with van der Waals surface area (Å²) >= 11 is 5.59. The fraction of sp³-hybridized carbons (Fsp3) is 0.150. The van der Waals surface area contributed by atoms with Crippen molar-refractivity contribution in [1.29, 1.82) is 0 Å². The van der Waals surface area contributed by atoms with Gasteiger partial charge in [0.15, 0.2) is 34.4 Å². The number of anilines is 7. The highest BCUT2D eigenvalue weighted by Gasteiger charge is 2.11. The van der Waals surface area contributed by atoms with Crippen molar-refractivity contribution in [2.24, 2.45) is 0 Å². The van der Waals surface area contributed by atoms with Gasteiger partial charge in [-0.1, -0.05) is 0 Å². The van der Waals surface area contributed by atoms with Gasteiger partial charge >= 0.3 is 11.5 Å². The molecule has 0 saturated heterocycles. The summed E-state index contributed by atoms with van der Waals surface area (Å²) in [5, 5.41) is 8.68. The molecule has 0 spiro atoms. The predicted octanol–water partition coefficient (Wildman–Crippen LogP) is 9.10. The lowest BCUT2D eigenvalue weighted by atomic mass is 10.0. The molecular weight excluding hydrogens is 758 g/mol. The number of nitrogens with one attached hydrogen (secondary N) is 5. The number of hydrogen-bond acceptors (Lipinski definition) is 12. The van der Waals surface area contributed by atoms with Crippen molar-refractivity contribution >= 4 is 74.1 Å². The number of aryl methyl sites for hydroxylation is 4. The third-order valence-corrected chi connectivity index (χ3v) is 9.14. The largest absolute Gasteiger partial charge is 0.417 e. The molecule has 7 N–H and O–H groups in total. The molecule has 0 unspecified atom stereocenters. The molecule has 8 rings (SSSR count). The van der Waals surface area contributed by atoms with Crippen LogP contribution in [0.5, 0.6) is 0 Å². The minimum atomic E-state index is -0.634. The molecule has 57 heavy (non-hydrogen) atoms. The van der Waals surface area contributed by atoms with Gasteiger partial charge in [-0.05, 0) is 147 Å². The summed E-state index contributed by atoms with van der Waals surface area (Å²) in [5.74, 6) is -2.09. The summed E-state index contributed by atoms with van der Waals surface area (Å²) in [6.45, 7) is 12.4. The van der Waals surface area contributed by atoms with E-state index in [0.717, 1.165) is 34.9 Å². The molecule has 0 radical (unpaired) electrons. The molecule has 0 bridgehead atoms. The van der Waals surface area contributed by atoms with Gasteiger partial charge in [0.25, 0.3) is 0 Å². The Balaban J connectivity index is 0.000000162. The number of benzene rings is 4. The van der Waals surface area contributed by atoms with Gasteiger partial charge in [-0.3, -0.25) is 9.97 Å². The van der Waals surface area contributed by atoms with E-state index in [1.54, 1.807) is 36.4 Å². The van der Waals surface area contributed by atoms with Crippen molar-refractivity contribution in [3.63, 3.8) is 0 Å². The molecule has 0 atom stereocenters. The second kappa shape index (κ2) is 16.7. The van der Waals surface area contributed by atoms with Crippen molar-refractivity contribution in [3.05, 3.63) is 144 Å². The van der Waals surface area contributed by atoms with Crippen LogP contribution in [0.2, 0.25) is 5.28 Å². The van der Waals surface area contributed by atoms with E-state index in [4.69, 9.17) is 26.2 Å². The first-order valence-corrected chi connectivity index (χ1v) is 17.7. The first-order chi connectivity index (χ1) is 27.1. The average Bonchev–Trinajstić information content (AvgIpc) is 3.72. The Morgan fingerprint density at radius 3 is 1.58 bits per heavy atom. The second-order valence-corrected chi connectivity index (χ2v) is 13.4. The summed E-state index contributed by atoms with van der Waals surface area (Å²) in [7, 11) is 0. The lowest BCUT2D eigenvalue weighted by Crippen LogP contribution is -2.04. The number of rotatable bonds is 6. The van der Waals surface area contributed by atoms with Crippen LogP contribution in [0.25, 0.3) is 22.2 Å². The SMILES string of the molecule is Cc1cc(N)cc(C)c1C.Cc1cc(Nc2ncc(F)c(Nc3ccc4oc(=O)[nH]c4c3)n2)cc(C)c1C.O=c1[nH]c2cc(Nc3nc(Cl)ncc3F)ccc2o1. The van der Waals surface area contributed by atoms with E-state index in [2.05, 4.69) is 73.5 Å². The van der Waals surface area contributed by atoms with Crippen LogP contribution >= 0.6 is 11.6 Å². The molecule has 0 aliphatic carbocycles. The van der Waals surface area contributed by atoms with Crippen molar-refractivity contribution in [3.8, 4) is 0 Å². The number of fused-ring (bicyclic) bond motifs is 2. The molecule has 17 heteroatoms. The fourth-order valence-corrected chi connectivity index (χ4v) is 5.72. The number of nitrogens with two attached hydrogens (primary N) is 1. The van der Waals surface area contributed by atoms with Crippen LogP contribution < -0.4 is 33.2 Å². The number of hydrogen-bond donors (Lipinski definition) is 6. The maximum absolute atomic E-state index is 14.2. The van der Waals surface area contributed by atoms with Crippen LogP contribution in [0.15, 0.2) is 91.5 Å². The topological polar surface area (TPSA) is 206 Å². The first kappa shape index (κ1) is 39.6. The Morgan fingerprint density at radius 2 is 1.07 bits per heavy atom. The summed E-state index contributed by atoms with van der Waals surface area (Å²) in [4.78, 5) is 42.8. The van der Waals surface area contributed by atoms with Crippen LogP contribution in [-0.2, 0) is 0 Å². The zero-order valence-electron chi connectivity index (χ0n) is 31.6. The number of nitrogens with zero attached hydrogens (tertiary/aromatic N) is 4. The number of oxazole rings is 2. The normalized spacial score (nSPS) is 10.8. The summed E-state index contributed by atoms with van der Waals surface area (Å²) < 4.78 is 37.5. The van der Waals surface area contributed by atoms with Gasteiger partial charge in [-0.25, -0.2) is 28.3 Å². The van der Waals surface area contributed by atoms with E-state index in [-0.39, 0.29) is 22.9 Å². The predicted molar refractivity (Wildman–Crippen MR) is 218 cm³/mol. The van der Waals surface area contributed by atoms with Gasteiger partial charge in [-0.2, -0.15) is 9.97 Å². The maximum Gasteiger partial charge on any atom is 0.417 e. The van der Waals surface area contributed by atoms with Crippen molar-refractivity contribution < 1.29 is 17.6 Å². The molecule has 0 aliphatic heterocycles. The molecule has 8 aromatic rings. The Labute approximate surface area is 328 Å². The third-order valence-electron chi connectivity index (χ3n) is 8.95. The standard InChI is InChI=1S/C20H18FN5O2.C11H6ClFN4O2.C9H13N/c1-10-6-14(7-11(2)12(10)3)24-19-22-9-15(21)18(26-19)23-13-4-5-17-16(8-13)25-20(27)28-17;12-10-14-4-6(13)9(17-10)15-5-1-2-8-7(3-5)16-11(18)19-8;1-6-4-9(10)5-7(2)8(6)3/h4-9H,1-3H3,(H,25,27)(H2,22,23,24,26);1-4H,(H,16,18)(H,14,15,17);4-5H,10H2,1-3H3. The Morgan fingerprint density at radius 1 is 0.614 bits per heavy atom. The van der Waals surface area contributed by atoms with Gasteiger partial charge in [0.2, 0.25) is 11.2 Å². The van der Waals surface area contributed by atoms with Crippen LogP contribution in [0.3, 0.4) is 0 Å². The van der Waals surface area contributed by atoms with Crippen LogP contribution in [0.1, 0.15) is 33.4 Å². The van der Waals surface area contributed by atoms with Gasteiger partial charge < -0.3 is 30.5 Å². The number of H-pyrrole nitrogens is 2. The molecular formula is C40H37ClF2N10O4. The number of aromatic amines is 2. The van der Waals surface area contributed by atoms with Crippen LogP contribution in [-0.4, -0.2) is 29.9 Å². The van der Waals surface area contributed by atoms with Gasteiger partial charge in [0, 0.05) is 22.7 Å². The molecule has 0 saturated carbocycles. The Kier molecular flexibility index (Phi) is 11.6. The van der Waals surface area contributed by atoms with Crippen molar-refractivity contribution in [2.75, 3.05) is 21.7 Å². The lowest BCUT2D eigenvalue weighted by Gasteiger charge is -2.12. The van der Waals surface area contributed by atoms with Gasteiger partial charge in [0.05, 0.1) is 23.4 Å². The Hall–Kier alpha value is -7.07. The third kappa shape index (κ3) is 9.79. The number of aromatic nitrogens is 6. The molecule has 4 aromatic heterocycles. The van der Waals surface area contributed by atoms with E-state index >= 15 is 0 Å². The summed E-state index contributed by atoms with van der Waals surface area (Å²) in [6.07, 6.45) is 2.07. The smallest absolute Gasteiger partial charge is 0.408 e. The maximum atomic E-state index is 14.2. The molecule has 4 aromatic carbocycles. The summed E-state index contributed by atoms with van der Waals surface area (Å²) in [5.41, 5.74) is 17.6. The second-order valence-electron chi connectivity index (χ2n) is 13.1. The fourth-order valence-electron chi connectivity index (χ4n) is 5.59. The highest BCUT2D eigenvalue weighted by atomic mass is 35.5. The van der Waals surface area contributed by atoms with E-state index in [1.807, 2.05) is 38.1 Å². The quantitative estimate of drug-likeness (QED) is 0.0689. The molecule has 4 heterocycles. The van der Waals surface area contributed by atoms with E-state index < -0.39 is 23.1 Å². The van der Waals surface area contributed by atoms with Crippen LogP contribution in [0.4, 0.5) is 49.1 Å². The first-order valence-electron chi connectivity index (χ1n) is 17.3. The highest BCUT2D eigenvalue weighted by Crippen LogP contribution is 2.26. The zero-order valence-corrected chi connectivity index (χ0v) is 32.3. The summed E-state index contributed by atoms with van der Waals surface area (Å²) in [6, 6.07) is 17.7. The molecule has 292 valence electrons. The van der Waals surface area contributed by atoms with E-state index in [0.29, 0.717) is 33.6 Å². The highest BCUT2D eigenvalue weighted by molar-refractivity contribution is 6.28. The number of halogens is 3. The molecule has 0 amide bonds. The minimum absolute atomic E-state index is 0.0169. The minimum Gasteiger partial charge on any atom is -0.408 e. The van der Waals surface area contributed by atoms with Gasteiger partial charge in [-0.15, -0.1) is 0 Å². The van der Waals surface area contributed by atoms with Crippen molar-refractivity contribution in [2.45, 2.75) is 41.5 Å². The van der Waals surface area contributed by atoms with Crippen molar-refractivity contribution in [1.82, 2.24) is 29.9 Å². The molecule has 0 aliphatic rings. The lowest BCUT2D eigenvalue weighted by molar-refractivity contribution is 0.555. The van der Waals surface area contributed by atoms with E-state index in [1.165, 1.54) is 22.3 Å². The molecule has 14 nitrogen and oxygen atoms in total. The number of nitrogen functional groups attached to an aromatic ring is 1. The van der Waals surface area contributed by atoms with E-state index in [9.17, 15) is 18.4 Å². The zero-order chi connectivity index (χ0) is 41.0. The van der Waals surface area contributed by atoms with Gasteiger partial charge in [0.1, 0.15) is 0 Å². The van der Waals surface area contributed by atoms with Crippen LogP contribution in [0, 0.1) is 53.2 Å².